The highest BCUT2D eigenvalue weighted by Crippen LogP contribution is 2.32. The molecule has 2 rings (SSSR count). The van der Waals surface area contributed by atoms with E-state index in [0.717, 1.165) is 25.5 Å². The van der Waals surface area contributed by atoms with Gasteiger partial charge in [0, 0.05) is 32.9 Å². The molecule has 0 aliphatic carbocycles. The average molecular weight is 493 g/mol. The summed E-state index contributed by atoms with van der Waals surface area (Å²) in [4.78, 5) is 6.60. The number of likely N-dealkylation sites (tertiary alicyclic amines) is 1. The monoisotopic (exact) mass is 493 g/mol. The molecule has 0 aromatic heterocycles. The quantitative estimate of drug-likeness (QED) is 0.398. The van der Waals surface area contributed by atoms with Crippen molar-refractivity contribution in [2.24, 2.45) is 10.9 Å². The zero-order valence-corrected chi connectivity index (χ0v) is 19.5. The summed E-state index contributed by atoms with van der Waals surface area (Å²) in [5, 5.41) is 3.26. The predicted octanol–water partition coefficient (Wildman–Crippen LogP) is 3.13. The summed E-state index contributed by atoms with van der Waals surface area (Å²) in [6.45, 7) is 7.95. The number of hydrogen-bond acceptors (Lipinski definition) is 3. The molecule has 5 nitrogen and oxygen atoms in total. The number of benzene rings is 1. The van der Waals surface area contributed by atoms with E-state index in [-0.39, 0.29) is 24.0 Å². The average Bonchev–Trinajstić information content (AvgIpc) is 2.55. The van der Waals surface area contributed by atoms with Crippen molar-refractivity contribution in [1.29, 1.82) is 0 Å². The fourth-order valence-electron chi connectivity index (χ4n) is 3.29. The third kappa shape index (κ3) is 5.58. The van der Waals surface area contributed by atoms with Crippen LogP contribution in [0.1, 0.15) is 38.7 Å². The fourth-order valence-corrected chi connectivity index (χ4v) is 3.62. The van der Waals surface area contributed by atoms with Gasteiger partial charge < -0.3 is 10.2 Å². The Labute approximate surface area is 175 Å². The van der Waals surface area contributed by atoms with Crippen LogP contribution in [0.5, 0.6) is 0 Å². The number of rotatable bonds is 4. The summed E-state index contributed by atoms with van der Waals surface area (Å²) in [6.07, 6.45) is 2.35. The van der Waals surface area contributed by atoms with Crippen LogP contribution in [-0.4, -0.2) is 57.0 Å². The van der Waals surface area contributed by atoms with Crippen LogP contribution in [0.4, 0.5) is 0 Å². The number of sulfone groups is 1. The topological polar surface area (TPSA) is 61.8 Å². The predicted molar refractivity (Wildman–Crippen MR) is 120 cm³/mol. The lowest BCUT2D eigenvalue weighted by Gasteiger charge is -2.39. The van der Waals surface area contributed by atoms with Gasteiger partial charge in [-0.1, -0.05) is 37.3 Å². The number of halogens is 1. The van der Waals surface area contributed by atoms with E-state index < -0.39 is 14.6 Å². The number of nitrogens with one attached hydrogen (secondary N) is 1. The smallest absolute Gasteiger partial charge is 0.193 e. The minimum absolute atomic E-state index is 0. The zero-order valence-electron chi connectivity index (χ0n) is 16.4. The highest BCUT2D eigenvalue weighted by atomic mass is 127. The SMILES string of the molecule is CN=C(NCC(C)(C)S(C)(=O)=O)N1CCC(c2ccccc2)C(C)C1.I. The minimum Gasteiger partial charge on any atom is -0.355 e. The summed E-state index contributed by atoms with van der Waals surface area (Å²) in [5.74, 6) is 1.86. The second kappa shape index (κ2) is 9.39. The maximum Gasteiger partial charge on any atom is 0.193 e. The van der Waals surface area contributed by atoms with Gasteiger partial charge in [0.05, 0.1) is 4.75 Å². The molecule has 1 aromatic rings. The van der Waals surface area contributed by atoms with Crippen LogP contribution in [0.25, 0.3) is 0 Å². The Bertz CT molecular complexity index is 705. The van der Waals surface area contributed by atoms with Crippen molar-refractivity contribution in [1.82, 2.24) is 10.2 Å². The number of aliphatic imine (C=N–C) groups is 1. The van der Waals surface area contributed by atoms with E-state index >= 15 is 0 Å². The Morgan fingerprint density at radius 2 is 1.92 bits per heavy atom. The van der Waals surface area contributed by atoms with Crippen LogP contribution in [0.2, 0.25) is 0 Å². The number of nitrogens with zero attached hydrogens (tertiary/aromatic N) is 2. The molecular formula is C19H32IN3O2S. The standard InChI is InChI=1S/C19H31N3O2S.HI/c1-15-13-22(12-11-17(15)16-9-7-6-8-10-16)18(20-4)21-14-19(2,3)25(5,23)24;/h6-10,15,17H,11-14H2,1-5H3,(H,20,21);1H. The molecule has 26 heavy (non-hydrogen) atoms. The molecular weight excluding hydrogens is 461 g/mol. The van der Waals surface area contributed by atoms with Crippen molar-refractivity contribution < 1.29 is 8.42 Å². The lowest BCUT2D eigenvalue weighted by atomic mass is 9.82. The molecule has 1 aliphatic heterocycles. The van der Waals surface area contributed by atoms with E-state index in [1.54, 1.807) is 20.9 Å². The van der Waals surface area contributed by atoms with Gasteiger partial charge in [0.1, 0.15) is 0 Å². The lowest BCUT2D eigenvalue weighted by molar-refractivity contribution is 0.234. The van der Waals surface area contributed by atoms with Crippen molar-refractivity contribution in [3.63, 3.8) is 0 Å². The Morgan fingerprint density at radius 3 is 2.42 bits per heavy atom. The minimum atomic E-state index is -3.13. The highest BCUT2D eigenvalue weighted by molar-refractivity contribution is 14.0. The van der Waals surface area contributed by atoms with Gasteiger partial charge in [-0.05, 0) is 37.7 Å². The second-order valence-electron chi connectivity index (χ2n) is 7.66. The summed E-state index contributed by atoms with van der Waals surface area (Å²) >= 11 is 0. The third-order valence-corrected chi connectivity index (χ3v) is 7.47. The maximum atomic E-state index is 11.9. The molecule has 2 atom stereocenters. The molecule has 1 aliphatic rings. The van der Waals surface area contributed by atoms with Crippen LogP contribution in [0.15, 0.2) is 35.3 Å². The largest absolute Gasteiger partial charge is 0.355 e. The van der Waals surface area contributed by atoms with Crippen molar-refractivity contribution in [2.75, 3.05) is 32.9 Å². The first-order chi connectivity index (χ1) is 11.7. The van der Waals surface area contributed by atoms with Gasteiger partial charge in [-0.3, -0.25) is 4.99 Å². The Morgan fingerprint density at radius 1 is 1.31 bits per heavy atom. The van der Waals surface area contributed by atoms with Crippen molar-refractivity contribution >= 4 is 39.8 Å². The summed E-state index contributed by atoms with van der Waals surface area (Å²) < 4.78 is 23.0. The van der Waals surface area contributed by atoms with Gasteiger partial charge in [-0.25, -0.2) is 8.42 Å². The molecule has 2 unspecified atom stereocenters. The lowest BCUT2D eigenvalue weighted by Crippen LogP contribution is -2.52. The molecule has 0 bridgehead atoms. The molecule has 0 saturated carbocycles. The van der Waals surface area contributed by atoms with Gasteiger partial charge in [0.15, 0.2) is 15.8 Å². The first-order valence-corrected chi connectivity index (χ1v) is 10.7. The molecule has 1 saturated heterocycles. The fraction of sp³-hybridized carbons (Fsp3) is 0.632. The molecule has 0 radical (unpaired) electrons. The second-order valence-corrected chi connectivity index (χ2v) is 10.3. The molecule has 0 amide bonds. The molecule has 1 fully saturated rings. The van der Waals surface area contributed by atoms with Crippen LogP contribution < -0.4 is 5.32 Å². The van der Waals surface area contributed by atoms with Crippen LogP contribution >= 0.6 is 24.0 Å². The van der Waals surface area contributed by atoms with E-state index in [4.69, 9.17) is 0 Å². The Hall–Kier alpha value is -0.830. The van der Waals surface area contributed by atoms with Gasteiger partial charge in [0.2, 0.25) is 0 Å². The summed E-state index contributed by atoms with van der Waals surface area (Å²) in [7, 11) is -1.37. The molecule has 1 aromatic carbocycles. The Kier molecular flexibility index (Phi) is 8.38. The number of piperidine rings is 1. The van der Waals surface area contributed by atoms with Crippen LogP contribution in [-0.2, 0) is 9.84 Å². The third-order valence-electron chi connectivity index (χ3n) is 5.32. The van der Waals surface area contributed by atoms with E-state index in [9.17, 15) is 8.42 Å². The van der Waals surface area contributed by atoms with Gasteiger partial charge in [0.25, 0.3) is 0 Å². The molecule has 148 valence electrons. The van der Waals surface area contributed by atoms with Crippen LogP contribution in [0, 0.1) is 5.92 Å². The van der Waals surface area contributed by atoms with Crippen molar-refractivity contribution in [2.45, 2.75) is 37.9 Å². The van der Waals surface area contributed by atoms with E-state index in [2.05, 4.69) is 52.5 Å². The van der Waals surface area contributed by atoms with Gasteiger partial charge in [-0.2, -0.15) is 0 Å². The molecule has 1 heterocycles. The summed E-state index contributed by atoms with van der Waals surface area (Å²) in [6, 6.07) is 10.7. The molecule has 7 heteroatoms. The first-order valence-electron chi connectivity index (χ1n) is 8.86. The number of hydrogen-bond donors (Lipinski definition) is 1. The van der Waals surface area contributed by atoms with E-state index in [1.165, 1.54) is 11.8 Å². The molecule has 0 spiro atoms. The zero-order chi connectivity index (χ0) is 18.7. The van der Waals surface area contributed by atoms with Crippen molar-refractivity contribution in [3.05, 3.63) is 35.9 Å². The molecule has 1 N–H and O–H groups in total. The Balaban J connectivity index is 0.00000338. The normalized spacial score (nSPS) is 21.9. The van der Waals surface area contributed by atoms with E-state index in [1.807, 2.05) is 0 Å². The van der Waals surface area contributed by atoms with Crippen LogP contribution in [0.3, 0.4) is 0 Å². The van der Waals surface area contributed by atoms with Gasteiger partial charge >= 0.3 is 0 Å². The van der Waals surface area contributed by atoms with E-state index in [0.29, 0.717) is 18.4 Å². The summed E-state index contributed by atoms with van der Waals surface area (Å²) in [5.41, 5.74) is 1.40. The maximum absolute atomic E-state index is 11.9. The van der Waals surface area contributed by atoms with Gasteiger partial charge in [-0.15, -0.1) is 24.0 Å². The van der Waals surface area contributed by atoms with Crippen molar-refractivity contribution in [3.8, 4) is 0 Å². The highest BCUT2D eigenvalue weighted by Gasteiger charge is 2.32. The first kappa shape index (κ1) is 23.2. The number of guanidine groups is 1.